The molecule has 0 aliphatic carbocycles. The molecule has 1 aromatic heterocycles. The highest BCUT2D eigenvalue weighted by Crippen LogP contribution is 2.22. The zero-order valence-electron chi connectivity index (χ0n) is 7.13. The van der Waals surface area contributed by atoms with Crippen LogP contribution in [0, 0.1) is 11.9 Å². The lowest BCUT2D eigenvalue weighted by atomic mass is 10.1. The molecule has 2 aromatic rings. The van der Waals surface area contributed by atoms with Crippen LogP contribution < -0.4 is 5.32 Å². The van der Waals surface area contributed by atoms with Crippen molar-refractivity contribution in [2.24, 2.45) is 0 Å². The lowest BCUT2D eigenvalue weighted by Crippen LogP contribution is -1.94. The van der Waals surface area contributed by atoms with Crippen molar-refractivity contribution < 1.29 is 4.39 Å². The lowest BCUT2D eigenvalue weighted by Gasteiger charge is -2.04. The normalized spacial score (nSPS) is 10.3. The summed E-state index contributed by atoms with van der Waals surface area (Å²) in [6.45, 7) is 0. The predicted octanol–water partition coefficient (Wildman–Crippen LogP) is 2.22. The third kappa shape index (κ3) is 1.22. The minimum absolute atomic E-state index is 0.272. The van der Waals surface area contributed by atoms with Crippen LogP contribution >= 0.6 is 0 Å². The first-order valence-electron chi connectivity index (χ1n) is 3.95. The molecule has 0 spiro atoms. The Morgan fingerprint density at radius 1 is 1.46 bits per heavy atom. The second kappa shape index (κ2) is 3.01. The summed E-state index contributed by atoms with van der Waals surface area (Å²) in [4.78, 5) is 3.98. The van der Waals surface area contributed by atoms with Crippen molar-refractivity contribution in [1.82, 2.24) is 4.98 Å². The summed E-state index contributed by atoms with van der Waals surface area (Å²) in [5, 5.41) is 4.07. The molecule has 0 aliphatic heterocycles. The quantitative estimate of drug-likeness (QED) is 0.718. The number of nitrogens with zero attached hydrogens (tertiary/aromatic N) is 1. The Morgan fingerprint density at radius 2 is 2.31 bits per heavy atom. The van der Waals surface area contributed by atoms with Crippen molar-refractivity contribution in [3.63, 3.8) is 0 Å². The van der Waals surface area contributed by atoms with Crippen LogP contribution in [0.3, 0.4) is 0 Å². The van der Waals surface area contributed by atoms with Gasteiger partial charge in [-0.1, -0.05) is 12.1 Å². The van der Waals surface area contributed by atoms with Gasteiger partial charge in [-0.05, 0) is 11.5 Å². The monoisotopic (exact) mass is 175 g/mol. The van der Waals surface area contributed by atoms with Crippen molar-refractivity contribution in [2.75, 3.05) is 12.4 Å². The van der Waals surface area contributed by atoms with Crippen LogP contribution in [-0.2, 0) is 0 Å². The Labute approximate surface area is 75.4 Å². The molecular formula is C10H8FN2. The smallest absolute Gasteiger partial charge is 0.136 e. The standard InChI is InChI=1S/C10H8FN2/c1-12-10-9-7(5-6-13-10)3-2-4-8(9)11/h2-4,6H,1H3,(H,12,13). The Balaban J connectivity index is 2.87. The van der Waals surface area contributed by atoms with Crippen molar-refractivity contribution in [3.05, 3.63) is 36.3 Å². The fourth-order valence-corrected chi connectivity index (χ4v) is 1.31. The number of anilines is 1. The molecule has 1 heterocycles. The van der Waals surface area contributed by atoms with Crippen LogP contribution in [0.1, 0.15) is 0 Å². The van der Waals surface area contributed by atoms with Crippen molar-refractivity contribution in [3.8, 4) is 0 Å². The number of nitrogens with one attached hydrogen (secondary N) is 1. The summed E-state index contributed by atoms with van der Waals surface area (Å²) in [6.07, 6.45) is 1.54. The molecule has 0 saturated carbocycles. The highest BCUT2D eigenvalue weighted by atomic mass is 19.1. The van der Waals surface area contributed by atoms with Gasteiger partial charge in [0, 0.05) is 19.3 Å². The molecule has 1 radical (unpaired) electrons. The fraction of sp³-hybridized carbons (Fsp3) is 0.100. The van der Waals surface area contributed by atoms with E-state index < -0.39 is 0 Å². The molecule has 0 bridgehead atoms. The van der Waals surface area contributed by atoms with E-state index in [1.54, 1.807) is 19.2 Å². The molecule has 0 amide bonds. The van der Waals surface area contributed by atoms with Crippen molar-refractivity contribution in [2.45, 2.75) is 0 Å². The van der Waals surface area contributed by atoms with Crippen LogP contribution in [0.15, 0.2) is 24.4 Å². The summed E-state index contributed by atoms with van der Waals surface area (Å²) >= 11 is 0. The molecule has 1 aromatic carbocycles. The van der Waals surface area contributed by atoms with E-state index in [0.717, 1.165) is 5.39 Å². The highest BCUT2D eigenvalue weighted by Gasteiger charge is 2.04. The van der Waals surface area contributed by atoms with Crippen molar-refractivity contribution in [1.29, 1.82) is 0 Å². The molecule has 2 nitrogen and oxygen atoms in total. The number of pyridine rings is 1. The van der Waals surface area contributed by atoms with E-state index in [1.807, 2.05) is 0 Å². The van der Waals surface area contributed by atoms with Crippen LogP contribution in [0.25, 0.3) is 10.8 Å². The zero-order valence-corrected chi connectivity index (χ0v) is 7.13. The molecule has 2 rings (SSSR count). The van der Waals surface area contributed by atoms with Crippen LogP contribution in [0.2, 0.25) is 0 Å². The first kappa shape index (κ1) is 7.98. The maximum atomic E-state index is 13.3. The molecule has 1 N–H and O–H groups in total. The molecule has 0 saturated heterocycles. The summed E-state index contributed by atoms with van der Waals surface area (Å²) < 4.78 is 13.3. The van der Waals surface area contributed by atoms with Crippen LogP contribution in [0.5, 0.6) is 0 Å². The molecule has 0 unspecified atom stereocenters. The Morgan fingerprint density at radius 3 is 3.08 bits per heavy atom. The number of benzene rings is 1. The first-order chi connectivity index (χ1) is 6.33. The van der Waals surface area contributed by atoms with Gasteiger partial charge >= 0.3 is 0 Å². The average molecular weight is 175 g/mol. The number of hydrogen-bond donors (Lipinski definition) is 1. The SMILES string of the molecule is CNc1nc[c]c2cccc(F)c12. The van der Waals surface area contributed by atoms with E-state index in [0.29, 0.717) is 11.2 Å². The van der Waals surface area contributed by atoms with E-state index in [1.165, 1.54) is 12.3 Å². The maximum absolute atomic E-state index is 13.3. The van der Waals surface area contributed by atoms with Gasteiger partial charge in [-0.25, -0.2) is 9.37 Å². The minimum atomic E-state index is -0.272. The third-order valence-electron chi connectivity index (χ3n) is 1.90. The third-order valence-corrected chi connectivity index (χ3v) is 1.90. The lowest BCUT2D eigenvalue weighted by molar-refractivity contribution is 0.640. The van der Waals surface area contributed by atoms with Crippen LogP contribution in [-0.4, -0.2) is 12.0 Å². The van der Waals surface area contributed by atoms with Gasteiger partial charge in [0.25, 0.3) is 0 Å². The number of fused-ring (bicyclic) bond motifs is 1. The zero-order chi connectivity index (χ0) is 9.26. The molecule has 0 aliphatic rings. The van der Waals surface area contributed by atoms with E-state index in [2.05, 4.69) is 16.4 Å². The second-order valence-electron chi connectivity index (χ2n) is 2.66. The molecule has 0 fully saturated rings. The average Bonchev–Trinajstić information content (AvgIpc) is 2.17. The Kier molecular flexibility index (Phi) is 1.85. The largest absolute Gasteiger partial charge is 0.373 e. The van der Waals surface area contributed by atoms with Gasteiger partial charge in [0.1, 0.15) is 11.6 Å². The van der Waals surface area contributed by atoms with Gasteiger partial charge in [-0.3, -0.25) is 0 Å². The van der Waals surface area contributed by atoms with Gasteiger partial charge in [-0.2, -0.15) is 0 Å². The summed E-state index contributed by atoms with van der Waals surface area (Å²) in [5.41, 5.74) is 0. The number of hydrogen-bond acceptors (Lipinski definition) is 2. The van der Waals surface area contributed by atoms with Gasteiger partial charge < -0.3 is 5.32 Å². The topological polar surface area (TPSA) is 24.9 Å². The van der Waals surface area contributed by atoms with E-state index in [-0.39, 0.29) is 5.82 Å². The number of halogens is 1. The highest BCUT2D eigenvalue weighted by molar-refractivity contribution is 5.91. The molecule has 3 heteroatoms. The molecule has 65 valence electrons. The van der Waals surface area contributed by atoms with Gasteiger partial charge in [0.05, 0.1) is 5.39 Å². The van der Waals surface area contributed by atoms with Crippen molar-refractivity contribution >= 4 is 16.6 Å². The minimum Gasteiger partial charge on any atom is -0.373 e. The molecule has 0 atom stereocenters. The van der Waals surface area contributed by atoms with E-state index in [9.17, 15) is 4.39 Å². The predicted molar refractivity (Wildman–Crippen MR) is 50.1 cm³/mol. The molecule has 13 heavy (non-hydrogen) atoms. The van der Waals surface area contributed by atoms with Gasteiger partial charge in [0.15, 0.2) is 0 Å². The fourth-order valence-electron chi connectivity index (χ4n) is 1.31. The summed E-state index contributed by atoms with van der Waals surface area (Å²) in [7, 11) is 1.72. The maximum Gasteiger partial charge on any atom is 0.136 e. The van der Waals surface area contributed by atoms with Crippen LogP contribution in [0.4, 0.5) is 10.2 Å². The Hall–Kier alpha value is -1.64. The second-order valence-corrected chi connectivity index (χ2v) is 2.66. The van der Waals surface area contributed by atoms with E-state index in [4.69, 9.17) is 0 Å². The first-order valence-corrected chi connectivity index (χ1v) is 3.95. The molecular weight excluding hydrogens is 167 g/mol. The van der Waals surface area contributed by atoms with E-state index >= 15 is 0 Å². The summed E-state index contributed by atoms with van der Waals surface area (Å²) in [6, 6.07) is 7.76. The summed E-state index contributed by atoms with van der Waals surface area (Å²) in [5.74, 6) is 0.276. The number of rotatable bonds is 1. The Bertz CT molecular complexity index is 435. The number of aromatic nitrogens is 1. The van der Waals surface area contributed by atoms with Gasteiger partial charge in [-0.15, -0.1) is 0 Å². The van der Waals surface area contributed by atoms with Gasteiger partial charge in [0.2, 0.25) is 0 Å².